The molecule has 2 rings (SSSR count). The van der Waals surface area contributed by atoms with E-state index < -0.39 is 11.2 Å². The lowest BCUT2D eigenvalue weighted by atomic mass is 9.95. The van der Waals surface area contributed by atoms with Gasteiger partial charge in [-0.1, -0.05) is 11.6 Å². The molecule has 2 heterocycles. The predicted octanol–water partition coefficient (Wildman–Crippen LogP) is 3.98. The summed E-state index contributed by atoms with van der Waals surface area (Å²) >= 11 is 9.35. The van der Waals surface area contributed by atoms with Gasteiger partial charge >= 0.3 is 6.09 Å². The molecular formula is C15H20BrClN2O3. The molecule has 7 heteroatoms. The monoisotopic (exact) mass is 390 g/mol. The fourth-order valence-electron chi connectivity index (χ4n) is 2.30. The van der Waals surface area contributed by atoms with Gasteiger partial charge in [-0.25, -0.2) is 9.78 Å². The van der Waals surface area contributed by atoms with Crippen LogP contribution in [0.5, 0.6) is 0 Å². The van der Waals surface area contributed by atoms with Crippen LogP contribution in [0.3, 0.4) is 0 Å². The lowest BCUT2D eigenvalue weighted by Gasteiger charge is -2.41. The number of hydrogen-bond acceptors (Lipinski definition) is 4. The second kappa shape index (κ2) is 6.34. The van der Waals surface area contributed by atoms with Gasteiger partial charge in [0, 0.05) is 6.54 Å². The topological polar surface area (TPSA) is 51.7 Å². The summed E-state index contributed by atoms with van der Waals surface area (Å²) in [6.45, 7) is 8.83. The molecule has 1 saturated heterocycles. The minimum Gasteiger partial charge on any atom is -0.444 e. The molecule has 0 aliphatic carbocycles. The molecule has 1 aliphatic rings. The summed E-state index contributed by atoms with van der Waals surface area (Å²) < 4.78 is 12.0. The quantitative estimate of drug-likeness (QED) is 0.680. The predicted molar refractivity (Wildman–Crippen MR) is 88.1 cm³/mol. The van der Waals surface area contributed by atoms with Gasteiger partial charge in [-0.3, -0.25) is 0 Å². The van der Waals surface area contributed by atoms with Crippen LogP contribution in [0.25, 0.3) is 0 Å². The van der Waals surface area contributed by atoms with Crippen LogP contribution in [-0.2, 0) is 15.1 Å². The molecule has 1 fully saturated rings. The van der Waals surface area contributed by atoms with Crippen LogP contribution >= 0.6 is 27.5 Å². The van der Waals surface area contributed by atoms with Crippen LogP contribution in [-0.4, -0.2) is 41.3 Å². The number of pyridine rings is 1. The number of carbonyl (C=O) groups is 1. The van der Waals surface area contributed by atoms with Crippen LogP contribution in [0.15, 0.2) is 16.7 Å². The molecule has 1 aromatic rings. The van der Waals surface area contributed by atoms with Crippen molar-refractivity contribution < 1.29 is 14.3 Å². The number of rotatable bonds is 1. The van der Waals surface area contributed by atoms with E-state index in [4.69, 9.17) is 21.1 Å². The molecule has 0 radical (unpaired) electrons. The fraction of sp³-hybridized carbons (Fsp3) is 0.600. The molecule has 1 aromatic heterocycles. The average Bonchev–Trinajstić information content (AvgIpc) is 2.35. The largest absolute Gasteiger partial charge is 0.444 e. The third kappa shape index (κ3) is 4.33. The summed E-state index contributed by atoms with van der Waals surface area (Å²) in [6, 6.07) is 3.61. The minimum atomic E-state index is -0.649. The molecule has 0 aromatic carbocycles. The summed E-state index contributed by atoms with van der Waals surface area (Å²) in [5.74, 6) is 0. The summed E-state index contributed by atoms with van der Waals surface area (Å²) in [6.07, 6.45) is -0.332. The molecule has 22 heavy (non-hydrogen) atoms. The van der Waals surface area contributed by atoms with Crippen molar-refractivity contribution in [1.82, 2.24) is 9.88 Å². The Morgan fingerprint density at radius 1 is 1.50 bits per heavy atom. The number of nitrogens with zero attached hydrogens (tertiary/aromatic N) is 2. The zero-order valence-corrected chi connectivity index (χ0v) is 15.5. The van der Waals surface area contributed by atoms with Crippen molar-refractivity contribution in [2.75, 3.05) is 19.7 Å². The van der Waals surface area contributed by atoms with Crippen molar-refractivity contribution >= 4 is 33.6 Å². The van der Waals surface area contributed by atoms with Gasteiger partial charge in [0.1, 0.15) is 21.0 Å². The Balaban J connectivity index is 2.19. The van der Waals surface area contributed by atoms with Gasteiger partial charge in [-0.15, -0.1) is 0 Å². The Hall–Kier alpha value is -0.850. The maximum Gasteiger partial charge on any atom is 0.410 e. The standard InChI is InChI=1S/C15H20BrClN2O3/c1-14(2,3)22-13(20)19-5-6-21-15(4,9-19)10-7-11(16)18-12(17)8-10/h7-8H,5-6,9H2,1-4H3. The lowest BCUT2D eigenvalue weighted by Crippen LogP contribution is -2.51. The zero-order chi connectivity index (χ0) is 16.5. The smallest absolute Gasteiger partial charge is 0.410 e. The number of hydrogen-bond donors (Lipinski definition) is 0. The summed E-state index contributed by atoms with van der Waals surface area (Å²) in [5, 5.41) is 0.378. The summed E-state index contributed by atoms with van der Waals surface area (Å²) in [4.78, 5) is 18.0. The van der Waals surface area contributed by atoms with Gasteiger partial charge in [0.2, 0.25) is 0 Å². The number of halogens is 2. The van der Waals surface area contributed by atoms with E-state index in [1.807, 2.05) is 33.8 Å². The van der Waals surface area contributed by atoms with E-state index in [2.05, 4.69) is 20.9 Å². The summed E-state index contributed by atoms with van der Waals surface area (Å²) in [7, 11) is 0. The van der Waals surface area contributed by atoms with Crippen molar-refractivity contribution in [3.63, 3.8) is 0 Å². The number of amides is 1. The summed E-state index contributed by atoms with van der Waals surface area (Å²) in [5.41, 5.74) is -0.299. The van der Waals surface area contributed by atoms with E-state index in [0.717, 1.165) is 5.56 Å². The Morgan fingerprint density at radius 2 is 2.18 bits per heavy atom. The minimum absolute atomic E-state index is 0.332. The normalized spacial score (nSPS) is 22.5. The van der Waals surface area contributed by atoms with Gasteiger partial charge in [-0.05, 0) is 61.3 Å². The second-order valence-corrected chi connectivity index (χ2v) is 7.68. The third-order valence-electron chi connectivity index (χ3n) is 3.30. The van der Waals surface area contributed by atoms with Crippen molar-refractivity contribution in [1.29, 1.82) is 0 Å². The molecule has 1 aliphatic heterocycles. The zero-order valence-electron chi connectivity index (χ0n) is 13.2. The van der Waals surface area contributed by atoms with Gasteiger partial charge < -0.3 is 14.4 Å². The average molecular weight is 392 g/mol. The van der Waals surface area contributed by atoms with Gasteiger partial charge in [0.15, 0.2) is 0 Å². The van der Waals surface area contributed by atoms with Crippen molar-refractivity contribution in [2.24, 2.45) is 0 Å². The SMILES string of the molecule is CC(C)(C)OC(=O)N1CCOC(C)(c2cc(Cl)nc(Br)c2)C1. The van der Waals surface area contributed by atoms with Crippen LogP contribution in [0, 0.1) is 0 Å². The highest BCUT2D eigenvalue weighted by atomic mass is 79.9. The van der Waals surface area contributed by atoms with Gasteiger partial charge in [0.05, 0.1) is 13.2 Å². The molecule has 0 saturated carbocycles. The molecule has 1 atom stereocenters. The molecule has 0 bridgehead atoms. The first kappa shape index (κ1) is 17.5. The third-order valence-corrected chi connectivity index (χ3v) is 3.90. The van der Waals surface area contributed by atoms with E-state index in [1.54, 1.807) is 11.0 Å². The molecule has 1 unspecified atom stereocenters. The van der Waals surface area contributed by atoms with E-state index in [1.165, 1.54) is 0 Å². The van der Waals surface area contributed by atoms with Crippen molar-refractivity contribution in [3.8, 4) is 0 Å². The van der Waals surface area contributed by atoms with Crippen molar-refractivity contribution in [3.05, 3.63) is 27.5 Å². The van der Waals surface area contributed by atoms with Crippen LogP contribution in [0.1, 0.15) is 33.3 Å². The van der Waals surface area contributed by atoms with Gasteiger partial charge in [-0.2, -0.15) is 0 Å². The lowest BCUT2D eigenvalue weighted by molar-refractivity contribution is -0.103. The number of carbonyl (C=O) groups excluding carboxylic acids is 1. The molecule has 122 valence electrons. The Kier molecular flexibility index (Phi) is 5.04. The van der Waals surface area contributed by atoms with Crippen LogP contribution < -0.4 is 0 Å². The Labute approximate surface area is 144 Å². The highest BCUT2D eigenvalue weighted by Gasteiger charge is 2.37. The van der Waals surface area contributed by atoms with E-state index >= 15 is 0 Å². The number of aromatic nitrogens is 1. The molecule has 5 nitrogen and oxygen atoms in total. The van der Waals surface area contributed by atoms with Gasteiger partial charge in [0.25, 0.3) is 0 Å². The second-order valence-electron chi connectivity index (χ2n) is 6.48. The highest BCUT2D eigenvalue weighted by Crippen LogP contribution is 2.32. The number of morpholine rings is 1. The first-order valence-electron chi connectivity index (χ1n) is 7.04. The first-order chi connectivity index (χ1) is 10.1. The first-order valence-corrected chi connectivity index (χ1v) is 8.22. The Morgan fingerprint density at radius 3 is 2.77 bits per heavy atom. The van der Waals surface area contributed by atoms with E-state index in [9.17, 15) is 4.79 Å². The van der Waals surface area contributed by atoms with Crippen LogP contribution in [0.4, 0.5) is 4.79 Å². The van der Waals surface area contributed by atoms with E-state index in [-0.39, 0.29) is 6.09 Å². The fourth-order valence-corrected chi connectivity index (χ4v) is 3.05. The Bertz CT molecular complexity index is 556. The maximum atomic E-state index is 12.3. The van der Waals surface area contributed by atoms with E-state index in [0.29, 0.717) is 29.5 Å². The number of ether oxygens (including phenoxy) is 2. The van der Waals surface area contributed by atoms with Crippen molar-refractivity contribution in [2.45, 2.75) is 38.9 Å². The molecule has 0 spiro atoms. The highest BCUT2D eigenvalue weighted by molar-refractivity contribution is 9.10. The molecule has 1 amide bonds. The van der Waals surface area contributed by atoms with Crippen LogP contribution in [0.2, 0.25) is 5.15 Å². The molecular weight excluding hydrogens is 372 g/mol. The molecule has 0 N–H and O–H groups in total. The maximum absolute atomic E-state index is 12.3.